The van der Waals surface area contributed by atoms with Crippen LogP contribution in [0.5, 0.6) is 0 Å². The van der Waals surface area contributed by atoms with Gasteiger partial charge in [-0.3, -0.25) is 4.79 Å². The van der Waals surface area contributed by atoms with Gasteiger partial charge >= 0.3 is 5.97 Å². The summed E-state index contributed by atoms with van der Waals surface area (Å²) in [5.41, 5.74) is -2.48. The zero-order chi connectivity index (χ0) is 19.5. The average Bonchev–Trinajstić information content (AvgIpc) is 2.94. The molecule has 5 fully saturated rings. The predicted octanol–water partition coefficient (Wildman–Crippen LogP) is 1.14. The Morgan fingerprint density at radius 1 is 1.19 bits per heavy atom. The molecule has 4 bridgehead atoms. The molecule has 2 N–H and O–H groups in total. The first-order chi connectivity index (χ1) is 12.7. The van der Waals surface area contributed by atoms with Crippen LogP contribution in [0.15, 0.2) is 11.3 Å². The van der Waals surface area contributed by atoms with Gasteiger partial charge in [-0.05, 0) is 18.8 Å². The van der Waals surface area contributed by atoms with Crippen molar-refractivity contribution in [2.24, 2.45) is 29.6 Å². The van der Waals surface area contributed by atoms with E-state index in [1.54, 1.807) is 6.92 Å². The molecule has 0 radical (unpaired) electrons. The number of carbonyl (C=O) groups excluding carboxylic acids is 2. The van der Waals surface area contributed by atoms with Crippen LogP contribution < -0.4 is 0 Å². The van der Waals surface area contributed by atoms with Crippen LogP contribution in [-0.4, -0.2) is 58.6 Å². The quantitative estimate of drug-likeness (QED) is 0.660. The van der Waals surface area contributed by atoms with Gasteiger partial charge in [0.25, 0.3) is 0 Å². The number of aliphatic hydroxyl groups is 2. The van der Waals surface area contributed by atoms with Gasteiger partial charge in [-0.15, -0.1) is 0 Å². The van der Waals surface area contributed by atoms with Gasteiger partial charge in [0.15, 0.2) is 11.2 Å². The lowest BCUT2D eigenvalue weighted by Crippen LogP contribution is -2.72. The van der Waals surface area contributed by atoms with Crippen LogP contribution in [0.3, 0.4) is 0 Å². The summed E-state index contributed by atoms with van der Waals surface area (Å²) >= 11 is 0. The van der Waals surface area contributed by atoms with Crippen molar-refractivity contribution in [1.82, 2.24) is 0 Å². The van der Waals surface area contributed by atoms with Gasteiger partial charge < -0.3 is 24.4 Å². The Hall–Kier alpha value is -1.44. The maximum absolute atomic E-state index is 13.5. The highest BCUT2D eigenvalue weighted by atomic mass is 16.6. The topological polar surface area (TPSA) is 102 Å². The van der Waals surface area contributed by atoms with Gasteiger partial charge in [0.2, 0.25) is 0 Å². The third-order valence-corrected chi connectivity index (χ3v) is 7.84. The molecule has 7 heteroatoms. The molecule has 3 heterocycles. The summed E-state index contributed by atoms with van der Waals surface area (Å²) in [6.45, 7) is 5.59. The number of fused-ring (bicyclic) bond motifs is 1. The number of esters is 1. The second-order valence-electron chi connectivity index (χ2n) is 9.17. The van der Waals surface area contributed by atoms with Crippen molar-refractivity contribution in [1.29, 1.82) is 0 Å². The molecule has 10 atom stereocenters. The van der Waals surface area contributed by atoms with Crippen LogP contribution >= 0.6 is 0 Å². The largest absolute Gasteiger partial charge is 0.511 e. The van der Waals surface area contributed by atoms with E-state index in [2.05, 4.69) is 0 Å². The maximum Gasteiger partial charge on any atom is 0.341 e. The second kappa shape index (κ2) is 5.13. The summed E-state index contributed by atoms with van der Waals surface area (Å²) in [6.07, 6.45) is -1.14. The number of ether oxygens (including phenoxy) is 3. The SMILES string of the molecule is CO[C@@H]1C2[C@H](O)C3O[C@]45C(=C(O)[C@H](C)C[C@H](C)C(=O)[C@@H]14)C(=O)O[C@]25C[C@H]3C. The van der Waals surface area contributed by atoms with Gasteiger partial charge in [-0.2, -0.15) is 0 Å². The van der Waals surface area contributed by atoms with Gasteiger partial charge in [0, 0.05) is 18.9 Å². The molecule has 27 heavy (non-hydrogen) atoms. The number of allylic oxidation sites excluding steroid dienone is 1. The van der Waals surface area contributed by atoms with E-state index in [-0.39, 0.29) is 34.9 Å². The number of hydrogen-bond donors (Lipinski definition) is 2. The number of ketones is 1. The van der Waals surface area contributed by atoms with Crippen LogP contribution in [0.2, 0.25) is 0 Å². The van der Waals surface area contributed by atoms with E-state index in [9.17, 15) is 19.8 Å². The Morgan fingerprint density at radius 2 is 1.89 bits per heavy atom. The van der Waals surface area contributed by atoms with E-state index in [0.717, 1.165) is 0 Å². The first-order valence-corrected chi connectivity index (χ1v) is 9.80. The Morgan fingerprint density at radius 3 is 2.56 bits per heavy atom. The number of carbonyl (C=O) groups is 2. The fourth-order valence-corrected chi connectivity index (χ4v) is 6.91. The molecule has 6 aliphatic rings. The highest BCUT2D eigenvalue weighted by Crippen LogP contribution is 2.71. The molecule has 2 unspecified atom stereocenters. The summed E-state index contributed by atoms with van der Waals surface area (Å²) in [5, 5.41) is 22.0. The molecule has 148 valence electrons. The minimum atomic E-state index is -1.38. The van der Waals surface area contributed by atoms with E-state index < -0.39 is 47.3 Å². The fourth-order valence-electron chi connectivity index (χ4n) is 6.91. The Balaban J connectivity index is 1.86. The van der Waals surface area contributed by atoms with Gasteiger partial charge in [0.05, 0.1) is 30.1 Å². The minimum Gasteiger partial charge on any atom is -0.511 e. The zero-order valence-corrected chi connectivity index (χ0v) is 16.0. The summed E-state index contributed by atoms with van der Waals surface area (Å²) in [6, 6.07) is 0. The highest BCUT2D eigenvalue weighted by Gasteiger charge is 2.87. The third kappa shape index (κ3) is 1.67. The molecule has 6 rings (SSSR count). The van der Waals surface area contributed by atoms with Gasteiger partial charge in [-0.1, -0.05) is 20.8 Å². The Bertz CT molecular complexity index is 774. The standard InChI is InChI=1S/C20H26O7/c1-7-5-8(2)14(22)12-18(24)27-19-6-9(3)16-15(23)10(19)17(25-4)11(13(7)21)20(12,19)26-16/h7-11,15-17,22-23H,5-6H2,1-4H3/t7-,8+,9+,10?,11-,15-,16?,17+,19+,20-/m0/s1. The highest BCUT2D eigenvalue weighted by molar-refractivity contribution is 6.00. The number of Topliss-reactive ketones (excluding diaryl/α,β-unsaturated/α-hetero) is 1. The maximum atomic E-state index is 13.5. The number of rotatable bonds is 1. The molecule has 7 nitrogen and oxygen atoms in total. The molecule has 0 aromatic carbocycles. The van der Waals surface area contributed by atoms with Crippen molar-refractivity contribution >= 4 is 11.8 Å². The van der Waals surface area contributed by atoms with Crippen molar-refractivity contribution in [2.75, 3.05) is 7.11 Å². The van der Waals surface area contributed by atoms with E-state index in [1.165, 1.54) is 7.11 Å². The predicted molar refractivity (Wildman–Crippen MR) is 91.6 cm³/mol. The first kappa shape index (κ1) is 17.6. The number of methoxy groups -OCH3 is 1. The lowest BCUT2D eigenvalue weighted by molar-refractivity contribution is -0.302. The van der Waals surface area contributed by atoms with E-state index in [1.807, 2.05) is 13.8 Å². The molecule has 3 aliphatic carbocycles. The van der Waals surface area contributed by atoms with Crippen molar-refractivity contribution in [3.8, 4) is 0 Å². The molecule has 0 aromatic rings. The van der Waals surface area contributed by atoms with E-state index >= 15 is 0 Å². The zero-order valence-electron chi connectivity index (χ0n) is 16.0. The molecule has 0 amide bonds. The molecule has 2 spiro atoms. The van der Waals surface area contributed by atoms with Crippen molar-refractivity contribution in [3.05, 3.63) is 11.3 Å². The number of hydrogen-bond acceptors (Lipinski definition) is 7. The molecular weight excluding hydrogens is 352 g/mol. The van der Waals surface area contributed by atoms with Crippen LogP contribution in [-0.2, 0) is 23.8 Å². The van der Waals surface area contributed by atoms with Crippen molar-refractivity contribution in [2.45, 2.75) is 63.1 Å². The first-order valence-electron chi connectivity index (χ1n) is 9.80. The summed E-state index contributed by atoms with van der Waals surface area (Å²) < 4.78 is 18.1. The molecule has 0 aromatic heterocycles. The van der Waals surface area contributed by atoms with E-state index in [4.69, 9.17) is 14.2 Å². The molecule has 3 saturated heterocycles. The molecular formula is C20H26O7. The molecule has 2 saturated carbocycles. The van der Waals surface area contributed by atoms with Crippen LogP contribution in [0.1, 0.15) is 33.6 Å². The minimum absolute atomic E-state index is 0.0391. The van der Waals surface area contributed by atoms with E-state index in [0.29, 0.717) is 12.8 Å². The molecule has 3 aliphatic heterocycles. The second-order valence-corrected chi connectivity index (χ2v) is 9.17. The Kier molecular flexibility index (Phi) is 3.35. The average molecular weight is 378 g/mol. The normalized spacial score (nSPS) is 56.0. The smallest absolute Gasteiger partial charge is 0.341 e. The third-order valence-electron chi connectivity index (χ3n) is 7.84. The monoisotopic (exact) mass is 378 g/mol. The number of aliphatic hydroxyl groups excluding tert-OH is 2. The van der Waals surface area contributed by atoms with Gasteiger partial charge in [0.1, 0.15) is 17.1 Å². The van der Waals surface area contributed by atoms with Crippen molar-refractivity contribution < 1.29 is 34.0 Å². The van der Waals surface area contributed by atoms with Gasteiger partial charge in [-0.25, -0.2) is 4.79 Å². The van der Waals surface area contributed by atoms with Crippen LogP contribution in [0.4, 0.5) is 0 Å². The summed E-state index contributed by atoms with van der Waals surface area (Å²) in [5.74, 6) is -2.80. The lowest BCUT2D eigenvalue weighted by Gasteiger charge is -2.58. The lowest BCUT2D eigenvalue weighted by atomic mass is 9.59. The summed E-state index contributed by atoms with van der Waals surface area (Å²) in [7, 11) is 1.52. The fraction of sp³-hybridized carbons (Fsp3) is 0.800. The van der Waals surface area contributed by atoms with Crippen LogP contribution in [0.25, 0.3) is 0 Å². The van der Waals surface area contributed by atoms with Crippen LogP contribution in [0, 0.1) is 29.6 Å². The van der Waals surface area contributed by atoms with Crippen molar-refractivity contribution in [3.63, 3.8) is 0 Å². The Labute approximate surface area is 157 Å². The summed E-state index contributed by atoms with van der Waals surface area (Å²) in [4.78, 5) is 26.5.